The van der Waals surface area contributed by atoms with Gasteiger partial charge in [0.1, 0.15) is 5.75 Å². The molecule has 0 unspecified atom stereocenters. The first-order chi connectivity index (χ1) is 11.4. The number of ether oxygens (including phenoxy) is 2. The van der Waals surface area contributed by atoms with Crippen molar-refractivity contribution in [1.82, 2.24) is 10.2 Å². The monoisotopic (exact) mass is 334 g/mol. The van der Waals surface area contributed by atoms with E-state index in [0.29, 0.717) is 18.2 Å². The number of carbonyl (C=O) groups is 3. The van der Waals surface area contributed by atoms with Crippen molar-refractivity contribution >= 4 is 17.9 Å². The van der Waals surface area contributed by atoms with Gasteiger partial charge in [-0.3, -0.25) is 9.69 Å². The lowest BCUT2D eigenvalue weighted by atomic mass is 10.0. The topological polar surface area (TPSA) is 84.9 Å². The van der Waals surface area contributed by atoms with E-state index in [4.69, 9.17) is 9.47 Å². The SMILES string of the molecule is CC(C)c1ccc(OCC(=O)O[C@H](C)C(=O)N2CCNC2=O)cc1. The van der Waals surface area contributed by atoms with Gasteiger partial charge in [-0.25, -0.2) is 9.59 Å². The van der Waals surface area contributed by atoms with E-state index in [9.17, 15) is 14.4 Å². The minimum Gasteiger partial charge on any atom is -0.482 e. The van der Waals surface area contributed by atoms with Crippen molar-refractivity contribution in [2.75, 3.05) is 19.7 Å². The van der Waals surface area contributed by atoms with E-state index in [1.165, 1.54) is 12.5 Å². The molecule has 7 heteroatoms. The van der Waals surface area contributed by atoms with Crippen molar-refractivity contribution in [2.45, 2.75) is 32.8 Å². The van der Waals surface area contributed by atoms with Gasteiger partial charge in [0.25, 0.3) is 5.91 Å². The third kappa shape index (κ3) is 4.47. The Morgan fingerprint density at radius 1 is 1.21 bits per heavy atom. The van der Waals surface area contributed by atoms with Crippen LogP contribution in [0.4, 0.5) is 4.79 Å². The zero-order valence-corrected chi connectivity index (χ0v) is 14.1. The lowest BCUT2D eigenvalue weighted by Gasteiger charge is -2.18. The average molecular weight is 334 g/mol. The van der Waals surface area contributed by atoms with Crippen molar-refractivity contribution in [3.8, 4) is 5.75 Å². The fraction of sp³-hybridized carbons (Fsp3) is 0.471. The molecule has 1 aliphatic rings. The number of urea groups is 1. The standard InChI is InChI=1S/C17H22N2O5/c1-11(2)13-4-6-14(7-5-13)23-10-15(20)24-12(3)16(21)19-9-8-18-17(19)22/h4-7,11-12H,8-10H2,1-3H3,(H,18,22)/t12-/m1/s1. The van der Waals surface area contributed by atoms with Crippen LogP contribution in [0.3, 0.4) is 0 Å². The van der Waals surface area contributed by atoms with E-state index >= 15 is 0 Å². The minimum atomic E-state index is -1.03. The Hall–Kier alpha value is -2.57. The number of nitrogens with one attached hydrogen (secondary N) is 1. The Bertz CT molecular complexity index is 612. The summed E-state index contributed by atoms with van der Waals surface area (Å²) in [5, 5.41) is 2.52. The van der Waals surface area contributed by atoms with E-state index < -0.39 is 24.0 Å². The van der Waals surface area contributed by atoms with E-state index in [-0.39, 0.29) is 13.2 Å². The van der Waals surface area contributed by atoms with Gasteiger partial charge in [0.15, 0.2) is 12.7 Å². The Kier molecular flexibility index (Phi) is 5.78. The molecular formula is C17H22N2O5. The molecule has 24 heavy (non-hydrogen) atoms. The first-order valence-corrected chi connectivity index (χ1v) is 7.90. The highest BCUT2D eigenvalue weighted by atomic mass is 16.6. The smallest absolute Gasteiger partial charge is 0.344 e. The molecule has 1 aromatic carbocycles. The molecule has 1 heterocycles. The molecule has 1 atom stereocenters. The van der Waals surface area contributed by atoms with Gasteiger partial charge in [-0.05, 0) is 30.5 Å². The second-order valence-electron chi connectivity index (χ2n) is 5.87. The van der Waals surface area contributed by atoms with Crippen LogP contribution in [0.15, 0.2) is 24.3 Å². The molecule has 1 fully saturated rings. The van der Waals surface area contributed by atoms with Crippen LogP contribution in [0, 0.1) is 0 Å². The molecule has 0 aromatic heterocycles. The maximum Gasteiger partial charge on any atom is 0.344 e. The zero-order valence-electron chi connectivity index (χ0n) is 14.1. The summed E-state index contributed by atoms with van der Waals surface area (Å²) in [6, 6.07) is 6.97. The maximum absolute atomic E-state index is 12.0. The van der Waals surface area contributed by atoms with Crippen LogP contribution in [0.2, 0.25) is 0 Å². The number of esters is 1. The molecule has 3 amide bonds. The largest absolute Gasteiger partial charge is 0.482 e. The number of imide groups is 1. The molecule has 0 bridgehead atoms. The quantitative estimate of drug-likeness (QED) is 0.800. The summed E-state index contributed by atoms with van der Waals surface area (Å²) < 4.78 is 10.4. The van der Waals surface area contributed by atoms with Gasteiger partial charge in [-0.15, -0.1) is 0 Å². The molecule has 0 saturated carbocycles. The number of rotatable bonds is 6. The van der Waals surface area contributed by atoms with Crippen LogP contribution in [0.1, 0.15) is 32.3 Å². The summed E-state index contributed by atoms with van der Waals surface area (Å²) in [6.45, 7) is 5.99. The summed E-state index contributed by atoms with van der Waals surface area (Å²) >= 11 is 0. The van der Waals surface area contributed by atoms with Crippen molar-refractivity contribution < 1.29 is 23.9 Å². The second kappa shape index (κ2) is 7.81. The van der Waals surface area contributed by atoms with Crippen molar-refractivity contribution in [2.24, 2.45) is 0 Å². The average Bonchev–Trinajstić information content (AvgIpc) is 2.98. The van der Waals surface area contributed by atoms with Gasteiger partial charge in [-0.2, -0.15) is 0 Å². The van der Waals surface area contributed by atoms with E-state index in [0.717, 1.165) is 4.90 Å². The molecular weight excluding hydrogens is 312 g/mol. The number of carbonyl (C=O) groups excluding carboxylic acids is 3. The van der Waals surface area contributed by atoms with Crippen LogP contribution in [-0.2, 0) is 14.3 Å². The zero-order chi connectivity index (χ0) is 17.7. The van der Waals surface area contributed by atoms with Crippen LogP contribution < -0.4 is 10.1 Å². The van der Waals surface area contributed by atoms with Gasteiger partial charge < -0.3 is 14.8 Å². The number of amides is 3. The van der Waals surface area contributed by atoms with Gasteiger partial charge in [0.05, 0.1) is 0 Å². The Labute approximate surface area is 140 Å². The molecule has 1 N–H and O–H groups in total. The predicted octanol–water partition coefficient (Wildman–Crippen LogP) is 1.67. The van der Waals surface area contributed by atoms with Gasteiger partial charge in [-0.1, -0.05) is 26.0 Å². The molecule has 2 rings (SSSR count). The van der Waals surface area contributed by atoms with Crippen LogP contribution in [0.5, 0.6) is 5.75 Å². The summed E-state index contributed by atoms with van der Waals surface area (Å²) in [4.78, 5) is 36.3. The highest BCUT2D eigenvalue weighted by Gasteiger charge is 2.31. The maximum atomic E-state index is 12.0. The fourth-order valence-corrected chi connectivity index (χ4v) is 2.27. The molecule has 0 radical (unpaired) electrons. The Morgan fingerprint density at radius 3 is 2.42 bits per heavy atom. The van der Waals surface area contributed by atoms with Gasteiger partial charge in [0, 0.05) is 13.1 Å². The number of nitrogens with zero attached hydrogens (tertiary/aromatic N) is 1. The normalized spacial score (nSPS) is 15.2. The summed E-state index contributed by atoms with van der Waals surface area (Å²) in [7, 11) is 0. The number of benzene rings is 1. The lowest BCUT2D eigenvalue weighted by Crippen LogP contribution is -2.42. The summed E-state index contributed by atoms with van der Waals surface area (Å²) in [6.07, 6.45) is -1.03. The Morgan fingerprint density at radius 2 is 1.88 bits per heavy atom. The van der Waals surface area contributed by atoms with E-state index in [2.05, 4.69) is 19.2 Å². The van der Waals surface area contributed by atoms with Gasteiger partial charge in [0.2, 0.25) is 0 Å². The van der Waals surface area contributed by atoms with E-state index in [1.54, 1.807) is 12.1 Å². The minimum absolute atomic E-state index is 0.276. The molecule has 0 spiro atoms. The molecule has 1 aliphatic heterocycles. The van der Waals surface area contributed by atoms with Crippen molar-refractivity contribution in [3.05, 3.63) is 29.8 Å². The summed E-state index contributed by atoms with van der Waals surface area (Å²) in [5.41, 5.74) is 1.17. The van der Waals surface area contributed by atoms with Crippen LogP contribution in [0.25, 0.3) is 0 Å². The fourth-order valence-electron chi connectivity index (χ4n) is 2.27. The highest BCUT2D eigenvalue weighted by Crippen LogP contribution is 2.18. The third-order valence-corrected chi connectivity index (χ3v) is 3.68. The summed E-state index contributed by atoms with van der Waals surface area (Å²) in [5.74, 6) is -0.240. The third-order valence-electron chi connectivity index (χ3n) is 3.68. The second-order valence-corrected chi connectivity index (χ2v) is 5.87. The first-order valence-electron chi connectivity index (χ1n) is 7.90. The number of hydrogen-bond acceptors (Lipinski definition) is 5. The Balaban J connectivity index is 1.80. The van der Waals surface area contributed by atoms with Crippen molar-refractivity contribution in [1.29, 1.82) is 0 Å². The molecule has 7 nitrogen and oxygen atoms in total. The van der Waals surface area contributed by atoms with Crippen LogP contribution in [-0.4, -0.2) is 48.6 Å². The molecule has 1 saturated heterocycles. The van der Waals surface area contributed by atoms with Gasteiger partial charge >= 0.3 is 12.0 Å². The molecule has 0 aliphatic carbocycles. The number of hydrogen-bond donors (Lipinski definition) is 1. The van der Waals surface area contributed by atoms with E-state index in [1.807, 2.05) is 12.1 Å². The van der Waals surface area contributed by atoms with Crippen LogP contribution >= 0.6 is 0 Å². The predicted molar refractivity (Wildman–Crippen MR) is 86.7 cm³/mol. The first kappa shape index (κ1) is 17.8. The lowest BCUT2D eigenvalue weighted by molar-refractivity contribution is -0.159. The molecule has 130 valence electrons. The highest BCUT2D eigenvalue weighted by molar-refractivity contribution is 5.98. The molecule has 1 aromatic rings. The van der Waals surface area contributed by atoms with Crippen molar-refractivity contribution in [3.63, 3.8) is 0 Å².